The van der Waals surface area contributed by atoms with E-state index < -0.39 is 34.0 Å². The summed E-state index contributed by atoms with van der Waals surface area (Å²) in [6.45, 7) is 6.64. The molecule has 0 spiro atoms. The molecular formula is C13H18N2O5. The third-order valence-electron chi connectivity index (χ3n) is 2.46. The third kappa shape index (κ3) is 3.67. The quantitative estimate of drug-likeness (QED) is 0.497. The number of benzene rings is 1. The summed E-state index contributed by atoms with van der Waals surface area (Å²) in [4.78, 5) is 22.0. The lowest BCUT2D eigenvalue weighted by Crippen LogP contribution is -2.31. The van der Waals surface area contributed by atoms with E-state index in [1.165, 1.54) is 12.1 Å². The largest absolute Gasteiger partial charge is 0.502 e. The monoisotopic (exact) mass is 282 g/mol. The van der Waals surface area contributed by atoms with Crippen molar-refractivity contribution in [2.24, 2.45) is 5.73 Å². The Hall–Kier alpha value is -2.15. The number of phenols is 1. The molecule has 20 heavy (non-hydrogen) atoms. The smallest absolute Gasteiger partial charge is 0.328 e. The van der Waals surface area contributed by atoms with Gasteiger partial charge in [0.2, 0.25) is 0 Å². The molecule has 0 heterocycles. The van der Waals surface area contributed by atoms with Gasteiger partial charge in [-0.2, -0.15) is 0 Å². The van der Waals surface area contributed by atoms with Crippen LogP contribution in [0.25, 0.3) is 0 Å². The molecule has 0 fully saturated rings. The summed E-state index contributed by atoms with van der Waals surface area (Å²) in [6.07, 6.45) is 0. The number of hydrogen-bond acceptors (Lipinski definition) is 6. The van der Waals surface area contributed by atoms with Crippen molar-refractivity contribution in [3.63, 3.8) is 0 Å². The van der Waals surface area contributed by atoms with E-state index in [-0.39, 0.29) is 5.56 Å². The van der Waals surface area contributed by atoms with Crippen LogP contribution in [-0.2, 0) is 9.53 Å². The number of nitro benzene ring substituents is 1. The summed E-state index contributed by atoms with van der Waals surface area (Å²) in [5.41, 5.74) is 5.00. The van der Waals surface area contributed by atoms with Crippen LogP contribution in [0.3, 0.4) is 0 Å². The molecule has 0 saturated carbocycles. The van der Waals surface area contributed by atoms with Crippen molar-refractivity contribution in [1.82, 2.24) is 0 Å². The number of nitrogens with two attached hydrogens (primary N) is 1. The Morgan fingerprint density at radius 2 is 2.00 bits per heavy atom. The van der Waals surface area contributed by atoms with Crippen LogP contribution >= 0.6 is 0 Å². The minimum atomic E-state index is -1.28. The number of phenolic OH excluding ortho intramolecular Hbond substituents is 1. The summed E-state index contributed by atoms with van der Waals surface area (Å²) in [7, 11) is 0. The number of nitro groups is 1. The number of carbonyl (C=O) groups excluding carboxylic acids is 1. The van der Waals surface area contributed by atoms with Crippen molar-refractivity contribution >= 4 is 11.7 Å². The van der Waals surface area contributed by atoms with Gasteiger partial charge < -0.3 is 15.6 Å². The summed E-state index contributed by atoms with van der Waals surface area (Å²) >= 11 is 0. The lowest BCUT2D eigenvalue weighted by molar-refractivity contribution is -0.386. The van der Waals surface area contributed by atoms with Crippen LogP contribution in [0.1, 0.15) is 37.9 Å². The number of aromatic hydroxyl groups is 1. The van der Waals surface area contributed by atoms with E-state index in [1.54, 1.807) is 27.7 Å². The highest BCUT2D eigenvalue weighted by Crippen LogP contribution is 2.34. The summed E-state index contributed by atoms with van der Waals surface area (Å²) in [5.74, 6) is -1.37. The number of carbonyl (C=O) groups is 1. The zero-order valence-electron chi connectivity index (χ0n) is 11.8. The maximum absolute atomic E-state index is 11.9. The number of ether oxygens (including phenoxy) is 1. The van der Waals surface area contributed by atoms with E-state index in [9.17, 15) is 20.0 Å². The molecule has 1 aromatic rings. The minimum absolute atomic E-state index is 0.0223. The van der Waals surface area contributed by atoms with Crippen LogP contribution in [0.4, 0.5) is 5.69 Å². The van der Waals surface area contributed by atoms with Crippen LogP contribution in [0.5, 0.6) is 5.75 Å². The Morgan fingerprint density at radius 1 is 1.45 bits per heavy atom. The average Bonchev–Trinajstić information content (AvgIpc) is 2.28. The average molecular weight is 282 g/mol. The molecule has 0 radical (unpaired) electrons. The molecule has 7 nitrogen and oxygen atoms in total. The van der Waals surface area contributed by atoms with Gasteiger partial charge in [0.05, 0.1) is 4.92 Å². The van der Waals surface area contributed by atoms with Crippen LogP contribution in [0, 0.1) is 17.0 Å². The molecular weight excluding hydrogens is 264 g/mol. The Bertz CT molecular complexity index is 548. The standard InChI is InChI=1S/C13H18N2O5/c1-7-5-8(11(16)9(6-7)15(18)19)10(14)12(17)20-13(2,3)4/h5-6,10,16H,14H2,1-4H3. The maximum Gasteiger partial charge on any atom is 0.328 e. The molecule has 0 bridgehead atoms. The van der Waals surface area contributed by atoms with Crippen molar-refractivity contribution in [3.05, 3.63) is 33.4 Å². The topological polar surface area (TPSA) is 116 Å². The first kappa shape index (κ1) is 15.9. The van der Waals surface area contributed by atoms with E-state index >= 15 is 0 Å². The zero-order chi connectivity index (χ0) is 15.7. The van der Waals surface area contributed by atoms with Gasteiger partial charge in [-0.25, -0.2) is 4.79 Å². The fourth-order valence-corrected chi connectivity index (χ4v) is 1.66. The van der Waals surface area contributed by atoms with Crippen molar-refractivity contribution in [2.45, 2.75) is 39.3 Å². The highest BCUT2D eigenvalue weighted by Gasteiger charge is 2.29. The number of esters is 1. The molecule has 0 aliphatic heterocycles. The number of hydrogen-bond donors (Lipinski definition) is 2. The van der Waals surface area contributed by atoms with E-state index in [1.807, 2.05) is 0 Å². The number of aryl methyl sites for hydroxylation is 1. The molecule has 1 atom stereocenters. The van der Waals surface area contributed by atoms with Crippen LogP contribution in [0.15, 0.2) is 12.1 Å². The highest BCUT2D eigenvalue weighted by molar-refractivity contribution is 5.79. The Labute approximate surface area is 116 Å². The molecule has 0 aliphatic carbocycles. The predicted molar refractivity (Wildman–Crippen MR) is 72.3 cm³/mol. The molecule has 0 aliphatic rings. The molecule has 0 saturated heterocycles. The van der Waals surface area contributed by atoms with Gasteiger partial charge in [-0.1, -0.05) is 0 Å². The maximum atomic E-state index is 11.9. The Morgan fingerprint density at radius 3 is 2.45 bits per heavy atom. The summed E-state index contributed by atoms with van der Waals surface area (Å²) < 4.78 is 5.10. The highest BCUT2D eigenvalue weighted by atomic mass is 16.6. The van der Waals surface area contributed by atoms with E-state index in [0.717, 1.165) is 0 Å². The molecule has 0 aromatic heterocycles. The van der Waals surface area contributed by atoms with E-state index in [2.05, 4.69) is 0 Å². The fourth-order valence-electron chi connectivity index (χ4n) is 1.66. The first-order chi connectivity index (χ1) is 9.03. The van der Waals surface area contributed by atoms with Gasteiger partial charge in [0.25, 0.3) is 0 Å². The second-order valence-corrected chi connectivity index (χ2v) is 5.49. The normalized spacial score (nSPS) is 12.8. The first-order valence-corrected chi connectivity index (χ1v) is 5.99. The molecule has 1 rings (SSSR count). The molecule has 7 heteroatoms. The third-order valence-corrected chi connectivity index (χ3v) is 2.46. The van der Waals surface area contributed by atoms with Crippen LogP contribution in [-0.4, -0.2) is 21.6 Å². The second kappa shape index (κ2) is 5.46. The number of nitrogens with zero attached hydrogens (tertiary/aromatic N) is 1. The second-order valence-electron chi connectivity index (χ2n) is 5.49. The van der Waals surface area contributed by atoms with Crippen molar-refractivity contribution in [1.29, 1.82) is 0 Å². The van der Waals surface area contributed by atoms with Gasteiger partial charge in [-0.05, 0) is 39.3 Å². The minimum Gasteiger partial charge on any atom is -0.502 e. The summed E-state index contributed by atoms with van der Waals surface area (Å²) in [6, 6.07) is 1.35. The Balaban J connectivity index is 3.19. The summed E-state index contributed by atoms with van der Waals surface area (Å²) in [5, 5.41) is 20.7. The van der Waals surface area contributed by atoms with Crippen molar-refractivity contribution < 1.29 is 19.6 Å². The molecule has 1 unspecified atom stereocenters. The van der Waals surface area contributed by atoms with E-state index in [4.69, 9.17) is 10.5 Å². The zero-order valence-corrected chi connectivity index (χ0v) is 11.8. The molecule has 0 amide bonds. The Kier molecular flexibility index (Phi) is 4.34. The van der Waals surface area contributed by atoms with E-state index in [0.29, 0.717) is 5.56 Å². The van der Waals surface area contributed by atoms with Crippen LogP contribution in [0.2, 0.25) is 0 Å². The SMILES string of the molecule is Cc1cc(C(N)C(=O)OC(C)(C)C)c(O)c([N+](=O)[O-])c1. The van der Waals surface area contributed by atoms with Crippen molar-refractivity contribution in [3.8, 4) is 5.75 Å². The fraction of sp³-hybridized carbons (Fsp3) is 0.462. The van der Waals surface area contributed by atoms with Gasteiger partial charge in [-0.3, -0.25) is 10.1 Å². The molecule has 110 valence electrons. The van der Waals surface area contributed by atoms with Gasteiger partial charge in [0.1, 0.15) is 11.6 Å². The lowest BCUT2D eigenvalue weighted by atomic mass is 10.0. The van der Waals surface area contributed by atoms with Gasteiger partial charge >= 0.3 is 11.7 Å². The number of rotatable bonds is 3. The predicted octanol–water partition coefficient (Wildman–Crippen LogP) is 1.95. The van der Waals surface area contributed by atoms with Gasteiger partial charge in [0, 0.05) is 11.6 Å². The van der Waals surface area contributed by atoms with Gasteiger partial charge in [-0.15, -0.1) is 0 Å². The van der Waals surface area contributed by atoms with Gasteiger partial charge in [0.15, 0.2) is 5.75 Å². The molecule has 3 N–H and O–H groups in total. The van der Waals surface area contributed by atoms with Crippen LogP contribution < -0.4 is 5.73 Å². The lowest BCUT2D eigenvalue weighted by Gasteiger charge is -2.22. The molecule has 1 aromatic carbocycles. The first-order valence-electron chi connectivity index (χ1n) is 5.99. The van der Waals surface area contributed by atoms with Crippen molar-refractivity contribution in [2.75, 3.05) is 0 Å².